The lowest BCUT2D eigenvalue weighted by atomic mass is 9.81. The SMILES string of the molecule is CC1(C)c2cc(-c3ccc(-c4ccc5ccccc5n4)cc3)ccc2-c2ccc(-c3ccc(-n4c5ccccc5c5ccccc54)cc3)cc21. The summed E-state index contributed by atoms with van der Waals surface area (Å²) in [6, 6.07) is 61.8. The third-order valence-corrected chi connectivity index (χ3v) is 10.8. The normalized spacial score (nSPS) is 13.2. The molecule has 7 aromatic carbocycles. The molecule has 0 spiro atoms. The second-order valence-corrected chi connectivity index (χ2v) is 14.0. The van der Waals surface area contributed by atoms with Gasteiger partial charge in [0.15, 0.2) is 0 Å². The Hall–Kier alpha value is -6.25. The molecule has 2 heteroatoms. The third kappa shape index (κ3) is 4.38. The van der Waals surface area contributed by atoms with Crippen LogP contribution in [0.4, 0.5) is 0 Å². The van der Waals surface area contributed by atoms with Gasteiger partial charge in [-0.3, -0.25) is 0 Å². The summed E-state index contributed by atoms with van der Waals surface area (Å²) < 4.78 is 2.38. The number of hydrogen-bond donors (Lipinski definition) is 0. The number of pyridine rings is 1. The molecule has 1 aliphatic rings. The number of fused-ring (bicyclic) bond motifs is 7. The second-order valence-electron chi connectivity index (χ2n) is 14.0. The zero-order valence-corrected chi connectivity index (χ0v) is 28.1. The van der Waals surface area contributed by atoms with Gasteiger partial charge in [0, 0.05) is 32.8 Å². The Morgan fingerprint density at radius 3 is 1.56 bits per heavy atom. The first kappa shape index (κ1) is 28.7. The van der Waals surface area contributed by atoms with E-state index in [4.69, 9.17) is 4.98 Å². The van der Waals surface area contributed by atoms with E-state index in [9.17, 15) is 0 Å². The highest BCUT2D eigenvalue weighted by Gasteiger charge is 2.35. The van der Waals surface area contributed by atoms with Crippen molar-refractivity contribution in [3.8, 4) is 50.3 Å². The predicted molar refractivity (Wildman–Crippen MR) is 210 cm³/mol. The molecule has 0 radical (unpaired) electrons. The minimum Gasteiger partial charge on any atom is -0.309 e. The van der Waals surface area contributed by atoms with Gasteiger partial charge in [0.25, 0.3) is 0 Å². The van der Waals surface area contributed by atoms with Gasteiger partial charge < -0.3 is 4.57 Å². The molecule has 2 aromatic heterocycles. The smallest absolute Gasteiger partial charge is 0.0709 e. The molecule has 0 saturated carbocycles. The van der Waals surface area contributed by atoms with Crippen molar-refractivity contribution in [2.24, 2.45) is 0 Å². The topological polar surface area (TPSA) is 17.8 Å². The molecule has 0 N–H and O–H groups in total. The number of rotatable bonds is 4. The molecular weight excluding hydrogens is 605 g/mol. The first-order valence-electron chi connectivity index (χ1n) is 17.4. The van der Waals surface area contributed by atoms with Crippen LogP contribution in [0.1, 0.15) is 25.0 Å². The summed E-state index contributed by atoms with van der Waals surface area (Å²) in [6.07, 6.45) is 0. The van der Waals surface area contributed by atoms with Crippen LogP contribution in [-0.2, 0) is 5.41 Å². The zero-order valence-electron chi connectivity index (χ0n) is 28.1. The van der Waals surface area contributed by atoms with Crippen LogP contribution in [0.15, 0.2) is 170 Å². The van der Waals surface area contributed by atoms with Crippen LogP contribution in [0.2, 0.25) is 0 Å². The average molecular weight is 639 g/mol. The molecule has 10 rings (SSSR count). The van der Waals surface area contributed by atoms with E-state index in [-0.39, 0.29) is 5.41 Å². The lowest BCUT2D eigenvalue weighted by Gasteiger charge is -2.22. The van der Waals surface area contributed by atoms with E-state index < -0.39 is 0 Å². The molecule has 0 aliphatic heterocycles. The average Bonchev–Trinajstić information content (AvgIpc) is 3.63. The predicted octanol–water partition coefficient (Wildman–Crippen LogP) is 12.6. The minimum atomic E-state index is -0.117. The molecule has 0 unspecified atom stereocenters. The van der Waals surface area contributed by atoms with Crippen LogP contribution < -0.4 is 0 Å². The van der Waals surface area contributed by atoms with Gasteiger partial charge in [-0.15, -0.1) is 0 Å². The standard InChI is InChI=1S/C48H34N2/c1-48(2)42-29-35(31-15-17-34(18-16-31)45-28-23-33-9-3-6-12-44(33)49-45)21-26-38(42)39-27-22-36(30-43(39)48)32-19-24-37(25-20-32)50-46-13-7-4-10-40(46)41-11-5-8-14-47(41)50/h3-30H,1-2H3. The summed E-state index contributed by atoms with van der Waals surface area (Å²) in [6.45, 7) is 4.73. The van der Waals surface area contributed by atoms with Crippen molar-refractivity contribution in [2.75, 3.05) is 0 Å². The molecule has 1 aliphatic carbocycles. The molecule has 2 heterocycles. The minimum absolute atomic E-state index is 0.117. The summed E-state index contributed by atoms with van der Waals surface area (Å²) >= 11 is 0. The van der Waals surface area contributed by atoms with Gasteiger partial charge in [-0.1, -0.05) is 135 Å². The van der Waals surface area contributed by atoms with E-state index in [1.807, 2.05) is 6.07 Å². The van der Waals surface area contributed by atoms with Gasteiger partial charge in [0.05, 0.1) is 22.2 Å². The Kier molecular flexibility index (Phi) is 6.25. The van der Waals surface area contributed by atoms with E-state index in [0.29, 0.717) is 0 Å². The zero-order chi connectivity index (χ0) is 33.4. The fourth-order valence-corrected chi connectivity index (χ4v) is 8.16. The largest absolute Gasteiger partial charge is 0.309 e. The Morgan fingerprint density at radius 2 is 0.940 bits per heavy atom. The molecule has 0 fully saturated rings. The number of aromatic nitrogens is 2. The highest BCUT2D eigenvalue weighted by atomic mass is 15.0. The van der Waals surface area contributed by atoms with Crippen molar-refractivity contribution in [1.29, 1.82) is 0 Å². The van der Waals surface area contributed by atoms with Gasteiger partial charge in [-0.05, 0) is 93.0 Å². The van der Waals surface area contributed by atoms with Crippen molar-refractivity contribution in [3.05, 3.63) is 181 Å². The van der Waals surface area contributed by atoms with Crippen LogP contribution in [0.25, 0.3) is 83.0 Å². The fourth-order valence-electron chi connectivity index (χ4n) is 8.16. The molecule has 0 saturated heterocycles. The summed E-state index contributed by atoms with van der Waals surface area (Å²) in [7, 11) is 0. The van der Waals surface area contributed by atoms with Crippen molar-refractivity contribution < 1.29 is 0 Å². The summed E-state index contributed by atoms with van der Waals surface area (Å²) in [5.74, 6) is 0. The van der Waals surface area contributed by atoms with Gasteiger partial charge in [0.2, 0.25) is 0 Å². The van der Waals surface area contributed by atoms with E-state index in [1.165, 1.54) is 72.0 Å². The maximum atomic E-state index is 4.90. The van der Waals surface area contributed by atoms with E-state index >= 15 is 0 Å². The van der Waals surface area contributed by atoms with Gasteiger partial charge in [-0.25, -0.2) is 4.98 Å². The number of hydrogen-bond acceptors (Lipinski definition) is 1. The van der Waals surface area contributed by atoms with Crippen molar-refractivity contribution in [2.45, 2.75) is 19.3 Å². The molecule has 236 valence electrons. The van der Waals surface area contributed by atoms with Gasteiger partial charge in [0.1, 0.15) is 0 Å². The number of para-hydroxylation sites is 3. The molecule has 0 bridgehead atoms. The molecule has 0 amide bonds. The lowest BCUT2D eigenvalue weighted by Crippen LogP contribution is -2.15. The van der Waals surface area contributed by atoms with Crippen molar-refractivity contribution in [1.82, 2.24) is 9.55 Å². The molecule has 0 atom stereocenters. The van der Waals surface area contributed by atoms with Crippen LogP contribution >= 0.6 is 0 Å². The maximum Gasteiger partial charge on any atom is 0.0709 e. The first-order chi connectivity index (χ1) is 24.5. The molecular formula is C48H34N2. The van der Waals surface area contributed by atoms with Crippen molar-refractivity contribution in [3.63, 3.8) is 0 Å². The Balaban J connectivity index is 0.959. The van der Waals surface area contributed by atoms with Gasteiger partial charge in [-0.2, -0.15) is 0 Å². The van der Waals surface area contributed by atoms with Crippen molar-refractivity contribution >= 4 is 32.7 Å². The van der Waals surface area contributed by atoms with Gasteiger partial charge >= 0.3 is 0 Å². The monoisotopic (exact) mass is 638 g/mol. The first-order valence-corrected chi connectivity index (χ1v) is 17.4. The van der Waals surface area contributed by atoms with Crippen LogP contribution in [0.3, 0.4) is 0 Å². The molecule has 9 aromatic rings. The highest BCUT2D eigenvalue weighted by Crippen LogP contribution is 2.50. The third-order valence-electron chi connectivity index (χ3n) is 10.8. The van der Waals surface area contributed by atoms with Crippen LogP contribution in [0, 0.1) is 0 Å². The highest BCUT2D eigenvalue weighted by molar-refractivity contribution is 6.09. The Bertz CT molecular complexity index is 2710. The fraction of sp³-hybridized carbons (Fsp3) is 0.0625. The summed E-state index contributed by atoms with van der Waals surface area (Å²) in [5.41, 5.74) is 17.0. The molecule has 50 heavy (non-hydrogen) atoms. The second kappa shape index (κ2) is 10.9. The van der Waals surface area contributed by atoms with E-state index in [0.717, 1.165) is 22.2 Å². The lowest BCUT2D eigenvalue weighted by molar-refractivity contribution is 0.661. The van der Waals surface area contributed by atoms with Crippen LogP contribution in [0.5, 0.6) is 0 Å². The molecule has 2 nitrogen and oxygen atoms in total. The van der Waals surface area contributed by atoms with E-state index in [1.54, 1.807) is 0 Å². The Morgan fingerprint density at radius 1 is 0.440 bits per heavy atom. The number of nitrogens with zero attached hydrogens (tertiary/aromatic N) is 2. The summed E-state index contributed by atoms with van der Waals surface area (Å²) in [5, 5.41) is 3.73. The quantitative estimate of drug-likeness (QED) is 0.188. The van der Waals surface area contributed by atoms with E-state index in [2.05, 4.69) is 182 Å². The van der Waals surface area contributed by atoms with Crippen LogP contribution in [-0.4, -0.2) is 9.55 Å². The maximum absolute atomic E-state index is 4.90. The number of benzene rings is 7. The summed E-state index contributed by atoms with van der Waals surface area (Å²) in [4.78, 5) is 4.90. The Labute approximate surface area is 291 Å².